The normalized spacial score (nSPS) is 34.8. The molecule has 2 heterocycles. The van der Waals surface area contributed by atoms with Crippen LogP contribution in [-0.2, 0) is 4.79 Å². The number of piperidine rings is 2. The minimum Gasteiger partial charge on any atom is -0.391 e. The van der Waals surface area contributed by atoms with Gasteiger partial charge in [0.25, 0.3) is 0 Å². The molecular weight excluding hydrogens is 288 g/mol. The Morgan fingerprint density at radius 2 is 2.04 bits per heavy atom. The zero-order valence-electron chi connectivity index (χ0n) is 13.6. The minimum atomic E-state index is -0.478. The number of nitrogens with zero attached hydrogens (tertiary/aromatic N) is 1. The average molecular weight is 314 g/mol. The fourth-order valence-corrected chi connectivity index (χ4v) is 4.39. The highest BCUT2D eigenvalue weighted by Gasteiger charge is 2.52. The Bertz CT molecular complexity index is 564. The van der Waals surface area contributed by atoms with Crippen LogP contribution >= 0.6 is 0 Å². The summed E-state index contributed by atoms with van der Waals surface area (Å²) in [6.45, 7) is 2.50. The molecule has 2 N–H and O–H groups in total. The first-order chi connectivity index (χ1) is 11.2. The molecule has 1 spiro atoms. The number of nitrogens with one attached hydrogen (secondary N) is 1. The van der Waals surface area contributed by atoms with Crippen molar-refractivity contribution in [1.29, 1.82) is 0 Å². The second-order valence-corrected chi connectivity index (χ2v) is 7.59. The summed E-state index contributed by atoms with van der Waals surface area (Å²) in [7, 11) is 0. The predicted molar refractivity (Wildman–Crippen MR) is 88.8 cm³/mol. The number of likely N-dealkylation sites (tertiary alicyclic amines) is 1. The average Bonchev–Trinajstić information content (AvgIpc) is 3.38. The number of rotatable bonds is 3. The lowest BCUT2D eigenvalue weighted by Gasteiger charge is -2.50. The first-order valence-corrected chi connectivity index (χ1v) is 8.94. The second-order valence-electron chi connectivity index (χ2n) is 7.59. The number of hydrogen-bond donors (Lipinski definition) is 2. The Morgan fingerprint density at radius 3 is 2.70 bits per heavy atom. The SMILES string of the molecule is O=C1N(CC2CC2)[C@@H](c2ccccc2)[C@H](O)C[C@]12CCCNC2. The van der Waals surface area contributed by atoms with Gasteiger partial charge in [-0.3, -0.25) is 4.79 Å². The van der Waals surface area contributed by atoms with Crippen LogP contribution in [0.5, 0.6) is 0 Å². The van der Waals surface area contributed by atoms with Crippen molar-refractivity contribution in [2.75, 3.05) is 19.6 Å². The molecule has 3 aliphatic rings. The summed E-state index contributed by atoms with van der Waals surface area (Å²) in [6, 6.07) is 9.87. The lowest BCUT2D eigenvalue weighted by atomic mass is 9.70. The molecule has 3 fully saturated rings. The lowest BCUT2D eigenvalue weighted by molar-refractivity contribution is -0.161. The van der Waals surface area contributed by atoms with Crippen LogP contribution in [0.4, 0.5) is 0 Å². The third kappa shape index (κ3) is 2.79. The number of aliphatic hydroxyl groups excluding tert-OH is 1. The molecule has 4 nitrogen and oxygen atoms in total. The van der Waals surface area contributed by atoms with Gasteiger partial charge in [0.15, 0.2) is 0 Å². The molecule has 0 aromatic heterocycles. The molecule has 1 aromatic carbocycles. The van der Waals surface area contributed by atoms with Crippen LogP contribution in [0.1, 0.15) is 43.7 Å². The third-order valence-corrected chi connectivity index (χ3v) is 5.78. The zero-order valence-corrected chi connectivity index (χ0v) is 13.6. The van der Waals surface area contributed by atoms with Crippen LogP contribution in [0.3, 0.4) is 0 Å². The summed E-state index contributed by atoms with van der Waals surface area (Å²) in [5.74, 6) is 0.889. The molecule has 2 saturated heterocycles. The van der Waals surface area contributed by atoms with Gasteiger partial charge in [-0.25, -0.2) is 0 Å². The lowest BCUT2D eigenvalue weighted by Crippen LogP contribution is -2.60. The zero-order chi connectivity index (χ0) is 15.9. The maximum absolute atomic E-state index is 13.4. The van der Waals surface area contributed by atoms with Crippen molar-refractivity contribution in [1.82, 2.24) is 10.2 Å². The van der Waals surface area contributed by atoms with E-state index in [9.17, 15) is 9.90 Å². The van der Waals surface area contributed by atoms with E-state index < -0.39 is 11.5 Å². The topological polar surface area (TPSA) is 52.6 Å². The first kappa shape index (κ1) is 15.2. The van der Waals surface area contributed by atoms with E-state index in [1.54, 1.807) is 0 Å². The Morgan fingerprint density at radius 1 is 1.26 bits per heavy atom. The number of benzene rings is 1. The van der Waals surface area contributed by atoms with Crippen LogP contribution in [-0.4, -0.2) is 41.7 Å². The van der Waals surface area contributed by atoms with Crippen LogP contribution in [0.25, 0.3) is 0 Å². The highest BCUT2D eigenvalue weighted by Crippen LogP contribution is 2.46. The van der Waals surface area contributed by atoms with Crippen molar-refractivity contribution < 1.29 is 9.90 Å². The van der Waals surface area contributed by atoms with Gasteiger partial charge in [-0.05, 0) is 50.1 Å². The minimum absolute atomic E-state index is 0.183. The highest BCUT2D eigenvalue weighted by molar-refractivity contribution is 5.85. The summed E-state index contributed by atoms with van der Waals surface area (Å²) in [4.78, 5) is 15.4. The molecule has 0 radical (unpaired) electrons. The van der Waals surface area contributed by atoms with Gasteiger partial charge < -0.3 is 15.3 Å². The molecule has 23 heavy (non-hydrogen) atoms. The maximum atomic E-state index is 13.4. The molecule has 1 aromatic rings. The van der Waals surface area contributed by atoms with Gasteiger partial charge in [0.05, 0.1) is 17.6 Å². The molecule has 1 aliphatic carbocycles. The Kier molecular flexibility index (Phi) is 3.90. The first-order valence-electron chi connectivity index (χ1n) is 8.94. The van der Waals surface area contributed by atoms with E-state index in [0.29, 0.717) is 18.9 Å². The predicted octanol–water partition coefficient (Wildman–Crippen LogP) is 2.10. The number of hydrogen-bond acceptors (Lipinski definition) is 3. The van der Waals surface area contributed by atoms with E-state index in [1.165, 1.54) is 12.8 Å². The number of aliphatic hydroxyl groups is 1. The number of carbonyl (C=O) groups excluding carboxylic acids is 1. The monoisotopic (exact) mass is 314 g/mol. The van der Waals surface area contributed by atoms with Crippen LogP contribution in [0, 0.1) is 11.3 Å². The van der Waals surface area contributed by atoms with Crippen molar-refractivity contribution in [2.24, 2.45) is 11.3 Å². The molecular formula is C19H26N2O2. The van der Waals surface area contributed by atoms with Gasteiger partial charge in [-0.15, -0.1) is 0 Å². The van der Waals surface area contributed by atoms with Crippen molar-refractivity contribution in [3.05, 3.63) is 35.9 Å². The van der Waals surface area contributed by atoms with E-state index >= 15 is 0 Å². The molecule has 1 saturated carbocycles. The van der Waals surface area contributed by atoms with E-state index in [2.05, 4.69) is 5.32 Å². The molecule has 4 heteroatoms. The molecule has 3 atom stereocenters. The van der Waals surface area contributed by atoms with Gasteiger partial charge in [0, 0.05) is 13.1 Å². The van der Waals surface area contributed by atoms with Crippen molar-refractivity contribution >= 4 is 5.91 Å². The Labute approximate surface area is 137 Å². The highest BCUT2D eigenvalue weighted by atomic mass is 16.3. The van der Waals surface area contributed by atoms with E-state index in [0.717, 1.165) is 31.5 Å². The smallest absolute Gasteiger partial charge is 0.230 e. The van der Waals surface area contributed by atoms with Gasteiger partial charge in [0.2, 0.25) is 5.91 Å². The van der Waals surface area contributed by atoms with Crippen LogP contribution in [0.15, 0.2) is 30.3 Å². The fourth-order valence-electron chi connectivity index (χ4n) is 4.39. The molecule has 0 unspecified atom stereocenters. The van der Waals surface area contributed by atoms with E-state index in [1.807, 2.05) is 35.2 Å². The largest absolute Gasteiger partial charge is 0.391 e. The molecule has 1 amide bonds. The molecule has 2 aliphatic heterocycles. The summed E-state index contributed by atoms with van der Waals surface area (Å²) >= 11 is 0. The fraction of sp³-hybridized carbons (Fsp3) is 0.632. The third-order valence-electron chi connectivity index (χ3n) is 5.78. The van der Waals surface area contributed by atoms with Crippen molar-refractivity contribution in [3.8, 4) is 0 Å². The number of amides is 1. The second kappa shape index (κ2) is 5.91. The summed E-state index contributed by atoms with van der Waals surface area (Å²) in [5.41, 5.74) is 0.672. The van der Waals surface area contributed by atoms with Gasteiger partial charge >= 0.3 is 0 Å². The van der Waals surface area contributed by atoms with Gasteiger partial charge in [0.1, 0.15) is 0 Å². The molecule has 124 valence electrons. The molecule has 4 rings (SSSR count). The quantitative estimate of drug-likeness (QED) is 0.898. The van der Waals surface area contributed by atoms with Crippen molar-refractivity contribution in [3.63, 3.8) is 0 Å². The Hall–Kier alpha value is -1.39. The number of carbonyl (C=O) groups is 1. The van der Waals surface area contributed by atoms with Crippen molar-refractivity contribution in [2.45, 2.75) is 44.2 Å². The van der Waals surface area contributed by atoms with Crippen LogP contribution < -0.4 is 5.32 Å². The Balaban J connectivity index is 1.67. The summed E-state index contributed by atoms with van der Waals surface area (Å²) < 4.78 is 0. The summed E-state index contributed by atoms with van der Waals surface area (Å²) in [6.07, 6.45) is 4.46. The maximum Gasteiger partial charge on any atom is 0.230 e. The van der Waals surface area contributed by atoms with E-state index in [4.69, 9.17) is 0 Å². The van der Waals surface area contributed by atoms with Gasteiger partial charge in [-0.2, -0.15) is 0 Å². The van der Waals surface area contributed by atoms with Gasteiger partial charge in [-0.1, -0.05) is 30.3 Å². The summed E-state index contributed by atoms with van der Waals surface area (Å²) in [5, 5.41) is 14.3. The molecule has 0 bridgehead atoms. The van der Waals surface area contributed by atoms with Crippen LogP contribution in [0.2, 0.25) is 0 Å². The van der Waals surface area contributed by atoms with E-state index in [-0.39, 0.29) is 11.9 Å². The standard InChI is InChI=1S/C19H26N2O2/c22-16-11-19(9-4-10-20-13-19)18(23)21(12-14-7-8-14)17(16)15-5-2-1-3-6-15/h1-3,5-6,14,16-17,20,22H,4,7-13H2/t16-,17+,19+/m1/s1.